The van der Waals surface area contributed by atoms with E-state index in [1.54, 1.807) is 6.92 Å². The van der Waals surface area contributed by atoms with Crippen LogP contribution >= 0.6 is 22.6 Å². The average molecular weight is 347 g/mol. The Morgan fingerprint density at radius 1 is 1.29 bits per heavy atom. The number of urea groups is 1. The number of carbonyl (C=O) groups is 2. The van der Waals surface area contributed by atoms with Crippen LogP contribution < -0.4 is 16.0 Å². The van der Waals surface area contributed by atoms with Gasteiger partial charge in [-0.1, -0.05) is 12.1 Å². The Balaban J connectivity index is 2.38. The molecule has 3 N–H and O–H groups in total. The van der Waals surface area contributed by atoms with E-state index in [0.29, 0.717) is 6.54 Å². The molecule has 0 saturated carbocycles. The number of hydrogen-bond donors (Lipinski definition) is 3. The molecule has 0 heterocycles. The molecular formula is C11H14IN3O2. The molecule has 3 amide bonds. The number of benzene rings is 1. The van der Waals surface area contributed by atoms with Gasteiger partial charge in [-0.3, -0.25) is 10.1 Å². The van der Waals surface area contributed by atoms with Crippen molar-refractivity contribution in [1.82, 2.24) is 10.6 Å². The summed E-state index contributed by atoms with van der Waals surface area (Å²) in [5.41, 5.74) is 0.874. The molecule has 0 aromatic heterocycles. The fourth-order valence-corrected chi connectivity index (χ4v) is 1.73. The van der Waals surface area contributed by atoms with Crippen molar-refractivity contribution in [2.24, 2.45) is 0 Å². The van der Waals surface area contributed by atoms with Gasteiger partial charge < -0.3 is 10.6 Å². The van der Waals surface area contributed by atoms with E-state index in [1.165, 1.54) is 0 Å². The second kappa shape index (κ2) is 7.10. The number of halogens is 1. The maximum Gasteiger partial charge on any atom is 0.321 e. The number of amides is 3. The van der Waals surface area contributed by atoms with Crippen molar-refractivity contribution in [2.75, 3.05) is 18.4 Å². The van der Waals surface area contributed by atoms with Gasteiger partial charge in [-0.05, 0) is 41.6 Å². The average Bonchev–Trinajstić information content (AvgIpc) is 2.28. The minimum absolute atomic E-state index is 0.0666. The first-order chi connectivity index (χ1) is 8.13. The number of para-hydroxylation sites is 1. The van der Waals surface area contributed by atoms with Crippen molar-refractivity contribution in [3.63, 3.8) is 0 Å². The zero-order valence-corrected chi connectivity index (χ0v) is 11.6. The third kappa shape index (κ3) is 5.03. The summed E-state index contributed by atoms with van der Waals surface area (Å²) in [5, 5.41) is 7.66. The Morgan fingerprint density at radius 3 is 2.65 bits per heavy atom. The highest BCUT2D eigenvalue weighted by Gasteiger charge is 2.06. The number of carbonyl (C=O) groups excluding carboxylic acids is 2. The van der Waals surface area contributed by atoms with Gasteiger partial charge in [0.1, 0.15) is 0 Å². The zero-order valence-electron chi connectivity index (χ0n) is 9.42. The topological polar surface area (TPSA) is 70.2 Å². The lowest BCUT2D eigenvalue weighted by molar-refractivity contribution is -0.118. The van der Waals surface area contributed by atoms with Crippen LogP contribution in [0, 0.1) is 3.57 Å². The second-order valence-electron chi connectivity index (χ2n) is 3.24. The number of anilines is 1. The number of nitrogens with one attached hydrogen (secondary N) is 3. The molecule has 5 nitrogen and oxygen atoms in total. The van der Waals surface area contributed by atoms with Gasteiger partial charge in [0.2, 0.25) is 5.91 Å². The van der Waals surface area contributed by atoms with E-state index in [4.69, 9.17) is 0 Å². The van der Waals surface area contributed by atoms with Crippen LogP contribution in [0.15, 0.2) is 24.3 Å². The smallest absolute Gasteiger partial charge is 0.321 e. The van der Waals surface area contributed by atoms with Crippen LogP contribution in [0.5, 0.6) is 0 Å². The van der Waals surface area contributed by atoms with Crippen LogP contribution in [0.4, 0.5) is 10.5 Å². The first-order valence-electron chi connectivity index (χ1n) is 5.19. The van der Waals surface area contributed by atoms with Crippen molar-refractivity contribution in [2.45, 2.75) is 6.92 Å². The minimum atomic E-state index is -0.470. The lowest BCUT2D eigenvalue weighted by Crippen LogP contribution is -2.41. The van der Waals surface area contributed by atoms with E-state index in [-0.39, 0.29) is 12.5 Å². The van der Waals surface area contributed by atoms with Gasteiger partial charge in [0.25, 0.3) is 0 Å². The van der Waals surface area contributed by atoms with Crippen LogP contribution in [0.25, 0.3) is 0 Å². The van der Waals surface area contributed by atoms with Gasteiger partial charge in [0, 0.05) is 15.8 Å². The highest BCUT2D eigenvalue weighted by molar-refractivity contribution is 14.1. The van der Waals surface area contributed by atoms with Gasteiger partial charge in [0.05, 0.1) is 6.54 Å². The predicted molar refractivity (Wildman–Crippen MR) is 74.9 cm³/mol. The Morgan fingerprint density at radius 2 is 2.00 bits per heavy atom. The minimum Gasteiger partial charge on any atom is -0.375 e. The molecule has 6 heteroatoms. The molecule has 1 aromatic carbocycles. The van der Waals surface area contributed by atoms with Gasteiger partial charge in [-0.2, -0.15) is 0 Å². The molecule has 0 bridgehead atoms. The summed E-state index contributed by atoms with van der Waals surface area (Å²) in [6, 6.07) is 7.14. The molecule has 0 aliphatic carbocycles. The van der Waals surface area contributed by atoms with E-state index in [0.717, 1.165) is 9.26 Å². The Kier molecular flexibility index (Phi) is 5.75. The number of imide groups is 1. The van der Waals surface area contributed by atoms with Crippen molar-refractivity contribution >= 4 is 40.2 Å². The molecule has 0 fully saturated rings. The first-order valence-corrected chi connectivity index (χ1v) is 6.27. The lowest BCUT2D eigenvalue weighted by Gasteiger charge is -2.08. The van der Waals surface area contributed by atoms with E-state index >= 15 is 0 Å². The molecule has 0 spiro atoms. The molecule has 0 unspecified atom stereocenters. The van der Waals surface area contributed by atoms with Crippen molar-refractivity contribution in [1.29, 1.82) is 0 Å². The zero-order chi connectivity index (χ0) is 12.7. The lowest BCUT2D eigenvalue weighted by atomic mass is 10.3. The summed E-state index contributed by atoms with van der Waals surface area (Å²) in [6.45, 7) is 2.34. The Bertz CT molecular complexity index is 409. The number of hydrogen-bond acceptors (Lipinski definition) is 3. The highest BCUT2D eigenvalue weighted by atomic mass is 127. The molecule has 1 aromatic rings. The standard InChI is InChI=1S/C11H14IN3O2/c1-2-13-11(17)15-10(16)7-14-9-6-4-3-5-8(9)12/h3-6,14H,2,7H2,1H3,(H2,13,15,16,17). The normalized spacial score (nSPS) is 9.53. The van der Waals surface area contributed by atoms with E-state index < -0.39 is 6.03 Å². The molecule has 92 valence electrons. The van der Waals surface area contributed by atoms with Gasteiger partial charge >= 0.3 is 6.03 Å². The fourth-order valence-electron chi connectivity index (χ4n) is 1.16. The van der Waals surface area contributed by atoms with Gasteiger partial charge in [-0.15, -0.1) is 0 Å². The molecular weight excluding hydrogens is 333 g/mol. The van der Waals surface area contributed by atoms with E-state index in [9.17, 15) is 9.59 Å². The van der Waals surface area contributed by atoms with Crippen LogP contribution in [-0.2, 0) is 4.79 Å². The number of rotatable bonds is 4. The monoisotopic (exact) mass is 347 g/mol. The second-order valence-corrected chi connectivity index (χ2v) is 4.40. The summed E-state index contributed by atoms with van der Waals surface area (Å²) >= 11 is 2.17. The van der Waals surface area contributed by atoms with Crippen molar-refractivity contribution < 1.29 is 9.59 Å². The summed E-state index contributed by atoms with van der Waals surface area (Å²) in [5.74, 6) is -0.365. The molecule has 0 atom stereocenters. The fraction of sp³-hybridized carbons (Fsp3) is 0.273. The first kappa shape index (κ1) is 13.8. The van der Waals surface area contributed by atoms with Crippen LogP contribution in [0.2, 0.25) is 0 Å². The quantitative estimate of drug-likeness (QED) is 0.724. The highest BCUT2D eigenvalue weighted by Crippen LogP contribution is 2.16. The molecule has 0 aliphatic heterocycles. The van der Waals surface area contributed by atoms with E-state index in [2.05, 4.69) is 38.5 Å². The van der Waals surface area contributed by atoms with E-state index in [1.807, 2.05) is 24.3 Å². The largest absolute Gasteiger partial charge is 0.375 e. The van der Waals surface area contributed by atoms with Gasteiger partial charge in [-0.25, -0.2) is 4.79 Å². The maximum atomic E-state index is 11.4. The van der Waals surface area contributed by atoms with Crippen LogP contribution in [0.1, 0.15) is 6.92 Å². The van der Waals surface area contributed by atoms with Crippen molar-refractivity contribution in [3.8, 4) is 0 Å². The Labute approximate surface area is 113 Å². The molecule has 0 radical (unpaired) electrons. The summed E-state index contributed by atoms with van der Waals surface area (Å²) in [4.78, 5) is 22.4. The SMILES string of the molecule is CCNC(=O)NC(=O)CNc1ccccc1I. The molecule has 1 rings (SSSR count). The maximum absolute atomic E-state index is 11.4. The van der Waals surface area contributed by atoms with Crippen molar-refractivity contribution in [3.05, 3.63) is 27.8 Å². The molecule has 17 heavy (non-hydrogen) atoms. The predicted octanol–water partition coefficient (Wildman–Crippen LogP) is 1.55. The van der Waals surface area contributed by atoms with Gasteiger partial charge in [0.15, 0.2) is 0 Å². The summed E-state index contributed by atoms with van der Waals surface area (Å²) in [7, 11) is 0. The molecule has 0 saturated heterocycles. The van der Waals surface area contributed by atoms with Crippen LogP contribution in [0.3, 0.4) is 0 Å². The Hall–Kier alpha value is -1.31. The third-order valence-corrected chi connectivity index (χ3v) is 2.84. The third-order valence-electron chi connectivity index (χ3n) is 1.90. The molecule has 0 aliphatic rings. The summed E-state index contributed by atoms with van der Waals surface area (Å²) in [6.07, 6.45) is 0. The van der Waals surface area contributed by atoms with Crippen LogP contribution in [-0.4, -0.2) is 25.0 Å². The summed E-state index contributed by atoms with van der Waals surface area (Å²) < 4.78 is 1.02.